The molecule has 0 aromatic heterocycles. The van der Waals surface area contributed by atoms with Crippen LogP contribution in [0.5, 0.6) is 0 Å². The number of hydrogen-bond acceptors (Lipinski definition) is 10. The SMILES string of the molecule is CC(=O)C(N=Nc1cc(Cl)cc(C(=O)Nc2ccccc2CCCl)c1)C(=O)Nc1ccc(NC(=O)C(N=Nc2cc(Cl)cc(C(=O)Nc3ccccc3CCCl)c2)C(C)=O)c(CCl)c1. The predicted molar refractivity (Wildman–Crippen MR) is 252 cm³/mol. The van der Waals surface area contributed by atoms with Gasteiger partial charge < -0.3 is 21.3 Å². The number of alkyl halides is 3. The molecular weight excluding hydrogens is 926 g/mol. The number of carbonyl (C=O) groups is 6. The van der Waals surface area contributed by atoms with Crippen molar-refractivity contribution in [3.63, 3.8) is 0 Å². The lowest BCUT2D eigenvalue weighted by molar-refractivity contribution is -0.127. The molecular formula is C45H39Cl5N8O6. The van der Waals surface area contributed by atoms with E-state index in [0.29, 0.717) is 41.5 Å². The highest BCUT2D eigenvalue weighted by Gasteiger charge is 2.26. The lowest BCUT2D eigenvalue weighted by atomic mass is 10.1. The third kappa shape index (κ3) is 13.7. The van der Waals surface area contributed by atoms with Gasteiger partial charge in [0.1, 0.15) is 0 Å². The third-order valence-corrected chi connectivity index (χ3v) is 10.3. The summed E-state index contributed by atoms with van der Waals surface area (Å²) < 4.78 is 0. The van der Waals surface area contributed by atoms with Crippen molar-refractivity contribution in [2.24, 2.45) is 20.5 Å². The van der Waals surface area contributed by atoms with Crippen molar-refractivity contribution < 1.29 is 28.8 Å². The Kier molecular flexibility index (Phi) is 18.1. The first-order valence-electron chi connectivity index (χ1n) is 19.3. The summed E-state index contributed by atoms with van der Waals surface area (Å²) in [6.07, 6.45) is 1.08. The van der Waals surface area contributed by atoms with Gasteiger partial charge in [0.2, 0.25) is 12.1 Å². The number of nitrogens with zero attached hydrogens (tertiary/aromatic N) is 4. The average molecular weight is 965 g/mol. The molecule has 4 N–H and O–H groups in total. The standard InChI is InChI=1S/C45H39Cl5N8O6/c1-25(59)40(57-55-35-19-29(17-32(49)22-35)42(61)52-37-9-5-3-7-27(37)13-15-46)44(63)51-34-11-12-39(31(21-34)24-48)54-45(64)41(26(2)60)58-56-36-20-30(18-33(50)23-36)43(62)53-38-10-6-4-8-28(38)14-16-47/h3-12,17-23,40-41H,13-16,24H2,1-2H3,(H,51,63)(H,52,61)(H,53,62)(H,54,64). The van der Waals surface area contributed by atoms with Crippen LogP contribution in [0.15, 0.2) is 124 Å². The largest absolute Gasteiger partial charge is 0.324 e. The predicted octanol–water partition coefficient (Wildman–Crippen LogP) is 11.2. The van der Waals surface area contributed by atoms with Crippen LogP contribution in [0.25, 0.3) is 0 Å². The van der Waals surface area contributed by atoms with E-state index in [-0.39, 0.29) is 49.8 Å². The van der Waals surface area contributed by atoms with Gasteiger partial charge in [0, 0.05) is 61.6 Å². The Labute approximate surface area is 393 Å². The molecule has 5 rings (SSSR count). The van der Waals surface area contributed by atoms with E-state index in [1.165, 1.54) is 54.6 Å². The summed E-state index contributed by atoms with van der Waals surface area (Å²) in [7, 11) is 0. The normalized spacial score (nSPS) is 12.1. The van der Waals surface area contributed by atoms with Crippen LogP contribution in [0.4, 0.5) is 34.1 Å². The zero-order chi connectivity index (χ0) is 46.3. The van der Waals surface area contributed by atoms with Crippen molar-refractivity contribution in [3.8, 4) is 0 Å². The number of azo groups is 2. The topological polar surface area (TPSA) is 200 Å². The summed E-state index contributed by atoms with van der Waals surface area (Å²) >= 11 is 30.6. The number of ketones is 2. The minimum Gasteiger partial charge on any atom is -0.324 e. The molecule has 0 saturated carbocycles. The Morgan fingerprint density at radius 2 is 0.953 bits per heavy atom. The van der Waals surface area contributed by atoms with E-state index in [2.05, 4.69) is 41.7 Å². The van der Waals surface area contributed by atoms with Gasteiger partial charge in [0.25, 0.3) is 23.6 Å². The van der Waals surface area contributed by atoms with E-state index >= 15 is 0 Å². The lowest BCUT2D eigenvalue weighted by Crippen LogP contribution is -2.32. The molecule has 0 spiro atoms. The van der Waals surface area contributed by atoms with Crippen LogP contribution in [0.1, 0.15) is 51.3 Å². The monoisotopic (exact) mass is 962 g/mol. The number of benzene rings is 5. The highest BCUT2D eigenvalue weighted by molar-refractivity contribution is 6.32. The Morgan fingerprint density at radius 3 is 1.39 bits per heavy atom. The fraction of sp³-hybridized carbons (Fsp3) is 0.200. The quantitative estimate of drug-likeness (QED) is 0.0360. The summed E-state index contributed by atoms with van der Waals surface area (Å²) in [5, 5.41) is 27.3. The average Bonchev–Trinajstić information content (AvgIpc) is 3.25. The molecule has 0 bridgehead atoms. The maximum Gasteiger partial charge on any atom is 0.258 e. The van der Waals surface area contributed by atoms with Crippen molar-refractivity contribution in [2.75, 3.05) is 33.0 Å². The van der Waals surface area contributed by atoms with Gasteiger partial charge in [-0.25, -0.2) is 0 Å². The van der Waals surface area contributed by atoms with E-state index in [9.17, 15) is 28.8 Å². The van der Waals surface area contributed by atoms with E-state index in [1.54, 1.807) is 24.3 Å². The number of aryl methyl sites for hydroxylation is 2. The molecule has 2 unspecified atom stereocenters. The Morgan fingerprint density at radius 1 is 0.516 bits per heavy atom. The molecule has 5 aromatic carbocycles. The van der Waals surface area contributed by atoms with Crippen LogP contribution in [0.3, 0.4) is 0 Å². The molecule has 4 amide bonds. The second-order valence-corrected chi connectivity index (χ2v) is 15.8. The van der Waals surface area contributed by atoms with Crippen LogP contribution in [-0.2, 0) is 37.9 Å². The third-order valence-electron chi connectivity index (χ3n) is 9.17. The number of halogens is 5. The number of Topliss-reactive ketones (excluding diaryl/α,β-unsaturated/α-hetero) is 2. The first-order chi connectivity index (χ1) is 30.7. The fourth-order valence-corrected chi connectivity index (χ4v) is 7.13. The van der Waals surface area contributed by atoms with Crippen molar-refractivity contribution in [2.45, 2.75) is 44.7 Å². The van der Waals surface area contributed by atoms with Crippen LogP contribution >= 0.6 is 58.0 Å². The van der Waals surface area contributed by atoms with Crippen molar-refractivity contribution in [1.29, 1.82) is 0 Å². The number of hydrogen-bond donors (Lipinski definition) is 4. The van der Waals surface area contributed by atoms with Gasteiger partial charge in [-0.2, -0.15) is 20.5 Å². The van der Waals surface area contributed by atoms with Gasteiger partial charge in [-0.3, -0.25) is 28.8 Å². The molecule has 0 saturated heterocycles. The van der Waals surface area contributed by atoms with Gasteiger partial charge in [-0.05, 0) is 110 Å². The van der Waals surface area contributed by atoms with Crippen molar-refractivity contribution in [1.82, 2.24) is 0 Å². The number of para-hydroxylation sites is 2. The molecule has 64 heavy (non-hydrogen) atoms. The molecule has 19 heteroatoms. The van der Waals surface area contributed by atoms with Crippen LogP contribution in [0, 0.1) is 0 Å². The summed E-state index contributed by atoms with van der Waals surface area (Å²) in [6.45, 7) is 2.33. The van der Waals surface area contributed by atoms with Crippen LogP contribution < -0.4 is 21.3 Å². The highest BCUT2D eigenvalue weighted by Crippen LogP contribution is 2.28. The second-order valence-electron chi connectivity index (χ2n) is 13.9. The van der Waals surface area contributed by atoms with Crippen molar-refractivity contribution >= 4 is 127 Å². The van der Waals surface area contributed by atoms with Gasteiger partial charge in [-0.15, -0.1) is 34.8 Å². The van der Waals surface area contributed by atoms with E-state index in [0.717, 1.165) is 25.0 Å². The summed E-state index contributed by atoms with van der Waals surface area (Å²) in [6, 6.07) is 24.0. The van der Waals surface area contributed by atoms with Crippen LogP contribution in [-0.4, -0.2) is 59.0 Å². The van der Waals surface area contributed by atoms with Crippen LogP contribution in [0.2, 0.25) is 10.0 Å². The Balaban J connectivity index is 1.26. The first kappa shape index (κ1) is 49.0. The molecule has 0 aliphatic carbocycles. The summed E-state index contributed by atoms with van der Waals surface area (Å²) in [4.78, 5) is 78.3. The Hall–Kier alpha value is -6.03. The maximum atomic E-state index is 13.4. The molecule has 0 fully saturated rings. The molecule has 5 aromatic rings. The van der Waals surface area contributed by atoms with E-state index < -0.39 is 47.3 Å². The molecule has 0 heterocycles. The number of amides is 4. The molecule has 330 valence electrons. The minimum absolute atomic E-state index is 0.108. The molecule has 0 radical (unpaired) electrons. The smallest absolute Gasteiger partial charge is 0.258 e. The zero-order valence-corrected chi connectivity index (χ0v) is 37.9. The number of rotatable bonds is 19. The number of carbonyl (C=O) groups excluding carboxylic acids is 6. The van der Waals surface area contributed by atoms with Gasteiger partial charge >= 0.3 is 0 Å². The van der Waals surface area contributed by atoms with E-state index in [1.807, 2.05) is 24.3 Å². The molecule has 0 aliphatic rings. The summed E-state index contributed by atoms with van der Waals surface area (Å²) in [5.41, 5.74) is 4.10. The van der Waals surface area contributed by atoms with Gasteiger partial charge in [0.05, 0.1) is 11.4 Å². The highest BCUT2D eigenvalue weighted by atomic mass is 35.5. The molecule has 2 atom stereocenters. The second kappa shape index (κ2) is 23.6. The number of anilines is 4. The molecule has 14 nitrogen and oxygen atoms in total. The molecule has 0 aliphatic heterocycles. The minimum atomic E-state index is -1.61. The van der Waals surface area contributed by atoms with E-state index in [4.69, 9.17) is 58.0 Å². The van der Waals surface area contributed by atoms with Crippen molar-refractivity contribution in [3.05, 3.63) is 141 Å². The lowest BCUT2D eigenvalue weighted by Gasteiger charge is -2.15. The Bertz CT molecular complexity index is 2640. The summed E-state index contributed by atoms with van der Waals surface area (Å²) in [5.74, 6) is -3.33. The first-order valence-corrected chi connectivity index (χ1v) is 21.7. The maximum absolute atomic E-state index is 13.4. The van der Waals surface area contributed by atoms with Gasteiger partial charge in [-0.1, -0.05) is 59.6 Å². The fourth-order valence-electron chi connectivity index (χ4n) is 6.04. The van der Waals surface area contributed by atoms with Gasteiger partial charge in [0.15, 0.2) is 11.6 Å². The number of nitrogens with one attached hydrogen (secondary N) is 4. The zero-order valence-electron chi connectivity index (χ0n) is 34.1.